The highest BCUT2D eigenvalue weighted by Gasteiger charge is 2.39. The van der Waals surface area contributed by atoms with E-state index in [0.717, 1.165) is 5.56 Å². The fraction of sp³-hybridized carbons (Fsp3) is 0.250. The van der Waals surface area contributed by atoms with Crippen molar-refractivity contribution in [3.8, 4) is 11.5 Å². The third-order valence-electron chi connectivity index (χ3n) is 3.97. The van der Waals surface area contributed by atoms with Crippen molar-refractivity contribution in [2.75, 3.05) is 6.54 Å². The minimum Gasteiger partial charge on any atom is -0.508 e. The molecule has 0 aromatic heterocycles. The monoisotopic (exact) mass is 316 g/mol. The van der Waals surface area contributed by atoms with Gasteiger partial charge in [0.15, 0.2) is 0 Å². The van der Waals surface area contributed by atoms with Crippen LogP contribution in [-0.4, -0.2) is 21.7 Å². The van der Waals surface area contributed by atoms with Crippen molar-refractivity contribution in [3.63, 3.8) is 0 Å². The third kappa shape index (κ3) is 2.84. The van der Waals surface area contributed by atoms with Gasteiger partial charge in [-0.25, -0.2) is 0 Å². The summed E-state index contributed by atoms with van der Waals surface area (Å²) in [5.41, 5.74) is 0.288. The molecule has 1 saturated heterocycles. The molecule has 0 amide bonds. The van der Waals surface area contributed by atoms with Crippen molar-refractivity contribution in [2.24, 2.45) is 0 Å². The van der Waals surface area contributed by atoms with E-state index in [-0.39, 0.29) is 23.3 Å². The van der Waals surface area contributed by atoms with Crippen molar-refractivity contribution in [1.29, 1.82) is 0 Å². The van der Waals surface area contributed by atoms with Gasteiger partial charge in [-0.15, -0.1) is 0 Å². The van der Waals surface area contributed by atoms with Crippen molar-refractivity contribution in [2.45, 2.75) is 18.8 Å². The zero-order chi connectivity index (χ0) is 16.6. The number of non-ortho nitro benzene ring substituents is 1. The van der Waals surface area contributed by atoms with Gasteiger partial charge in [0.2, 0.25) is 0 Å². The molecule has 2 unspecified atom stereocenters. The molecule has 120 valence electrons. The summed E-state index contributed by atoms with van der Waals surface area (Å²) >= 11 is 0. The normalized spacial score (nSPS) is 23.8. The molecule has 0 aliphatic carbocycles. The summed E-state index contributed by atoms with van der Waals surface area (Å²) < 4.78 is 6.01. The molecule has 0 saturated carbocycles. The van der Waals surface area contributed by atoms with Gasteiger partial charge < -0.3 is 14.9 Å². The number of hydrogen-bond donors (Lipinski definition) is 3. The van der Waals surface area contributed by atoms with Crippen LogP contribution in [0.3, 0.4) is 0 Å². The van der Waals surface area contributed by atoms with Crippen LogP contribution in [0.5, 0.6) is 11.5 Å². The van der Waals surface area contributed by atoms with Gasteiger partial charge in [-0.3, -0.25) is 15.4 Å². The van der Waals surface area contributed by atoms with Crippen LogP contribution in [-0.2, 0) is 10.5 Å². The second-order valence-corrected chi connectivity index (χ2v) is 5.57. The van der Waals surface area contributed by atoms with Crippen LogP contribution in [0.1, 0.15) is 24.2 Å². The Kier molecular flexibility index (Phi) is 3.67. The Balaban J connectivity index is 1.84. The van der Waals surface area contributed by atoms with Crippen LogP contribution in [0, 0.1) is 10.1 Å². The van der Waals surface area contributed by atoms with E-state index in [9.17, 15) is 20.3 Å². The van der Waals surface area contributed by atoms with Crippen LogP contribution in [0.15, 0.2) is 42.5 Å². The molecule has 1 aliphatic rings. The molecule has 0 spiro atoms. The standard InChI is InChI=1S/C16H16N2O5/c1-16(13-8-12(19)6-7-14(13)20)17-9-15(23-16)10-2-4-11(5-3-10)18(21)22/h2-8,15,17,19-20H,9H2,1H3. The summed E-state index contributed by atoms with van der Waals surface area (Å²) in [6.45, 7) is 2.23. The molecule has 7 heteroatoms. The van der Waals surface area contributed by atoms with E-state index in [4.69, 9.17) is 4.74 Å². The second-order valence-electron chi connectivity index (χ2n) is 5.57. The minimum atomic E-state index is -0.963. The molecule has 1 heterocycles. The number of benzene rings is 2. The summed E-state index contributed by atoms with van der Waals surface area (Å²) in [6, 6.07) is 10.4. The Morgan fingerprint density at radius 1 is 1.26 bits per heavy atom. The summed E-state index contributed by atoms with van der Waals surface area (Å²) in [4.78, 5) is 10.2. The van der Waals surface area contributed by atoms with Gasteiger partial charge in [0.05, 0.1) is 11.0 Å². The molecule has 0 bridgehead atoms. The molecule has 3 rings (SSSR count). The summed E-state index contributed by atoms with van der Waals surface area (Å²) in [7, 11) is 0. The van der Waals surface area contributed by atoms with Gasteiger partial charge >= 0.3 is 0 Å². The predicted molar refractivity (Wildman–Crippen MR) is 82.0 cm³/mol. The number of nitro benzene ring substituents is 1. The summed E-state index contributed by atoms with van der Waals surface area (Å²) in [5.74, 6) is 0.0466. The first-order valence-electron chi connectivity index (χ1n) is 7.09. The Morgan fingerprint density at radius 3 is 2.61 bits per heavy atom. The van der Waals surface area contributed by atoms with Crippen LogP contribution in [0.4, 0.5) is 5.69 Å². The number of aromatic hydroxyl groups is 2. The SMILES string of the molecule is CC1(c2cc(O)ccc2O)NCC(c2ccc([N+](=O)[O-])cc2)O1. The van der Waals surface area contributed by atoms with Crippen LogP contribution in [0.25, 0.3) is 0 Å². The lowest BCUT2D eigenvalue weighted by atomic mass is 10.0. The number of ether oxygens (including phenoxy) is 1. The molecule has 0 radical (unpaired) electrons. The first-order chi connectivity index (χ1) is 10.9. The number of hydrogen-bond acceptors (Lipinski definition) is 6. The van der Waals surface area contributed by atoms with E-state index < -0.39 is 10.6 Å². The average Bonchev–Trinajstić information content (AvgIpc) is 2.93. The Hall–Kier alpha value is -2.64. The molecule has 2 aromatic carbocycles. The average molecular weight is 316 g/mol. The Bertz CT molecular complexity index is 747. The number of phenols is 2. The molecule has 2 aromatic rings. The lowest BCUT2D eigenvalue weighted by Gasteiger charge is -2.26. The van der Waals surface area contributed by atoms with E-state index in [2.05, 4.69) is 5.32 Å². The van der Waals surface area contributed by atoms with Gasteiger partial charge in [-0.05, 0) is 42.8 Å². The van der Waals surface area contributed by atoms with E-state index in [1.54, 1.807) is 19.1 Å². The number of rotatable bonds is 3. The number of nitrogens with one attached hydrogen (secondary N) is 1. The van der Waals surface area contributed by atoms with Gasteiger partial charge in [0.1, 0.15) is 17.2 Å². The van der Waals surface area contributed by atoms with Crippen molar-refractivity contribution in [3.05, 3.63) is 63.7 Å². The molecule has 1 aliphatic heterocycles. The Morgan fingerprint density at radius 2 is 1.96 bits per heavy atom. The molecule has 2 atom stereocenters. The van der Waals surface area contributed by atoms with Gasteiger partial charge in [0, 0.05) is 24.2 Å². The van der Waals surface area contributed by atoms with Crippen molar-refractivity contribution in [1.82, 2.24) is 5.32 Å². The highest BCUT2D eigenvalue weighted by Crippen LogP contribution is 2.40. The van der Waals surface area contributed by atoms with E-state index >= 15 is 0 Å². The quantitative estimate of drug-likeness (QED) is 0.456. The van der Waals surface area contributed by atoms with Gasteiger partial charge in [-0.1, -0.05) is 0 Å². The predicted octanol–water partition coefficient (Wildman–Crippen LogP) is 2.54. The van der Waals surface area contributed by atoms with E-state index in [1.165, 1.54) is 30.3 Å². The molecular weight excluding hydrogens is 300 g/mol. The highest BCUT2D eigenvalue weighted by atomic mass is 16.6. The van der Waals surface area contributed by atoms with Crippen molar-refractivity contribution >= 4 is 5.69 Å². The largest absolute Gasteiger partial charge is 0.508 e. The Labute approximate surface area is 132 Å². The van der Waals surface area contributed by atoms with Crippen molar-refractivity contribution < 1.29 is 19.9 Å². The summed E-state index contributed by atoms with van der Waals surface area (Å²) in [5, 5.41) is 33.5. The molecule has 7 nitrogen and oxygen atoms in total. The first kappa shape index (κ1) is 15.3. The lowest BCUT2D eigenvalue weighted by molar-refractivity contribution is -0.384. The fourth-order valence-electron chi connectivity index (χ4n) is 2.72. The highest BCUT2D eigenvalue weighted by molar-refractivity contribution is 5.43. The topological polar surface area (TPSA) is 105 Å². The summed E-state index contributed by atoms with van der Waals surface area (Å²) in [6.07, 6.45) is -0.317. The molecule has 23 heavy (non-hydrogen) atoms. The number of nitrogens with zero attached hydrogens (tertiary/aromatic N) is 1. The maximum absolute atomic E-state index is 10.7. The van der Waals surface area contributed by atoms with Crippen LogP contribution >= 0.6 is 0 Å². The first-order valence-corrected chi connectivity index (χ1v) is 7.09. The van der Waals surface area contributed by atoms with E-state index in [1.807, 2.05) is 0 Å². The van der Waals surface area contributed by atoms with Crippen LogP contribution < -0.4 is 5.32 Å². The second kappa shape index (κ2) is 5.53. The molecule has 3 N–H and O–H groups in total. The fourth-order valence-corrected chi connectivity index (χ4v) is 2.72. The smallest absolute Gasteiger partial charge is 0.269 e. The number of nitro groups is 1. The lowest BCUT2D eigenvalue weighted by Crippen LogP contribution is -2.34. The number of phenolic OH excluding ortho intramolecular Hbond substituents is 2. The maximum Gasteiger partial charge on any atom is 0.269 e. The van der Waals surface area contributed by atoms with Gasteiger partial charge in [0.25, 0.3) is 5.69 Å². The minimum absolute atomic E-state index is 0.0159. The van der Waals surface area contributed by atoms with Gasteiger partial charge in [-0.2, -0.15) is 0 Å². The zero-order valence-electron chi connectivity index (χ0n) is 12.4. The third-order valence-corrected chi connectivity index (χ3v) is 3.97. The maximum atomic E-state index is 10.7. The van der Waals surface area contributed by atoms with E-state index in [0.29, 0.717) is 12.1 Å². The molecule has 1 fully saturated rings. The zero-order valence-corrected chi connectivity index (χ0v) is 12.4. The van der Waals surface area contributed by atoms with Crippen LogP contribution in [0.2, 0.25) is 0 Å². The molecular formula is C16H16N2O5.